The van der Waals surface area contributed by atoms with Gasteiger partial charge in [-0.05, 0) is 49.7 Å². The maximum absolute atomic E-state index is 11.7. The summed E-state index contributed by atoms with van der Waals surface area (Å²) in [7, 11) is 0. The summed E-state index contributed by atoms with van der Waals surface area (Å²) >= 11 is 0. The van der Waals surface area contributed by atoms with Crippen LogP contribution in [-0.4, -0.2) is 25.0 Å². The number of benzene rings is 2. The molecule has 0 aromatic heterocycles. The van der Waals surface area contributed by atoms with Crippen LogP contribution in [0.3, 0.4) is 0 Å². The number of rotatable bonds is 7. The summed E-state index contributed by atoms with van der Waals surface area (Å²) in [4.78, 5) is 22.9. The molecule has 0 aliphatic rings. The molecule has 5 heteroatoms. The van der Waals surface area contributed by atoms with E-state index in [9.17, 15) is 9.59 Å². The van der Waals surface area contributed by atoms with Gasteiger partial charge in [0.05, 0.1) is 6.61 Å². The third-order valence-corrected chi connectivity index (χ3v) is 3.17. The van der Waals surface area contributed by atoms with Gasteiger partial charge in [-0.15, -0.1) is 0 Å². The highest BCUT2D eigenvalue weighted by atomic mass is 16.5. The monoisotopic (exact) mass is 312 g/mol. The van der Waals surface area contributed by atoms with E-state index in [1.165, 1.54) is 6.92 Å². The minimum absolute atomic E-state index is 0.000539. The van der Waals surface area contributed by atoms with Crippen LogP contribution in [0.5, 0.6) is 5.75 Å². The summed E-state index contributed by atoms with van der Waals surface area (Å²) in [6, 6.07) is 16.1. The topological polar surface area (TPSA) is 67.4 Å². The van der Waals surface area contributed by atoms with E-state index in [-0.39, 0.29) is 11.8 Å². The maximum atomic E-state index is 11.7. The second kappa shape index (κ2) is 8.58. The third kappa shape index (κ3) is 5.82. The highest BCUT2D eigenvalue weighted by molar-refractivity contribution is 5.95. The van der Waals surface area contributed by atoms with Gasteiger partial charge in [0.15, 0.2) is 5.78 Å². The number of carbonyl (C=O) groups is 2. The van der Waals surface area contributed by atoms with E-state index in [0.29, 0.717) is 30.8 Å². The molecular weight excluding hydrogens is 292 g/mol. The Hall–Kier alpha value is -2.82. The van der Waals surface area contributed by atoms with Crippen molar-refractivity contribution in [1.29, 1.82) is 0 Å². The van der Waals surface area contributed by atoms with E-state index < -0.39 is 0 Å². The number of nitrogens with one attached hydrogen (secondary N) is 2. The van der Waals surface area contributed by atoms with Crippen LogP contribution in [0, 0.1) is 0 Å². The van der Waals surface area contributed by atoms with Crippen LogP contribution in [0.1, 0.15) is 23.7 Å². The molecule has 0 saturated carbocycles. The summed E-state index contributed by atoms with van der Waals surface area (Å²) in [6.07, 6.45) is 0.714. The molecule has 2 aromatic rings. The Morgan fingerprint density at radius 1 is 1.00 bits per heavy atom. The Morgan fingerprint density at radius 3 is 2.35 bits per heavy atom. The number of hydrogen-bond acceptors (Lipinski definition) is 3. The number of hydrogen-bond donors (Lipinski definition) is 2. The molecule has 0 heterocycles. The Morgan fingerprint density at radius 2 is 1.70 bits per heavy atom. The van der Waals surface area contributed by atoms with E-state index in [1.54, 1.807) is 24.3 Å². The zero-order valence-electron chi connectivity index (χ0n) is 13.0. The summed E-state index contributed by atoms with van der Waals surface area (Å²) in [5.41, 5.74) is 1.27. The van der Waals surface area contributed by atoms with Gasteiger partial charge in [0, 0.05) is 17.8 Å². The summed E-state index contributed by atoms with van der Waals surface area (Å²) in [6.45, 7) is 2.56. The SMILES string of the molecule is CC(=O)c1ccc(NC(=O)NCCCOc2ccccc2)cc1. The minimum Gasteiger partial charge on any atom is -0.494 e. The number of urea groups is 1. The molecular formula is C18H20N2O3. The van der Waals surface area contributed by atoms with Crippen LogP contribution >= 0.6 is 0 Å². The van der Waals surface area contributed by atoms with Gasteiger partial charge in [-0.1, -0.05) is 18.2 Å². The normalized spacial score (nSPS) is 9.96. The number of Topliss-reactive ketones (excluding diaryl/α,β-unsaturated/α-hetero) is 1. The van der Waals surface area contributed by atoms with Gasteiger partial charge in [0.2, 0.25) is 0 Å². The van der Waals surface area contributed by atoms with Crippen molar-refractivity contribution in [3.05, 3.63) is 60.2 Å². The van der Waals surface area contributed by atoms with Crippen molar-refractivity contribution in [2.45, 2.75) is 13.3 Å². The van der Waals surface area contributed by atoms with E-state index >= 15 is 0 Å². The van der Waals surface area contributed by atoms with Crippen LogP contribution < -0.4 is 15.4 Å². The number of carbonyl (C=O) groups excluding carboxylic acids is 2. The number of ketones is 1. The first-order valence-corrected chi connectivity index (χ1v) is 7.49. The molecule has 120 valence electrons. The van der Waals surface area contributed by atoms with Gasteiger partial charge in [-0.2, -0.15) is 0 Å². The third-order valence-electron chi connectivity index (χ3n) is 3.17. The molecule has 2 N–H and O–H groups in total. The fourth-order valence-electron chi connectivity index (χ4n) is 1.94. The van der Waals surface area contributed by atoms with Crippen molar-refractivity contribution in [1.82, 2.24) is 5.32 Å². The average molecular weight is 312 g/mol. The Labute approximate surface area is 135 Å². The summed E-state index contributed by atoms with van der Waals surface area (Å²) < 4.78 is 5.54. The number of ether oxygens (including phenoxy) is 1. The fourth-order valence-corrected chi connectivity index (χ4v) is 1.94. The zero-order valence-corrected chi connectivity index (χ0v) is 13.0. The van der Waals surface area contributed by atoms with E-state index in [2.05, 4.69) is 10.6 Å². The summed E-state index contributed by atoms with van der Waals surface area (Å²) in [5.74, 6) is 0.821. The van der Waals surface area contributed by atoms with Crippen LogP contribution in [0.4, 0.5) is 10.5 Å². The summed E-state index contributed by atoms with van der Waals surface area (Å²) in [5, 5.41) is 5.47. The standard InChI is InChI=1S/C18H20N2O3/c1-14(21)15-8-10-16(11-9-15)20-18(22)19-12-5-13-23-17-6-3-2-4-7-17/h2-4,6-11H,5,12-13H2,1H3,(H2,19,20,22). The molecule has 0 atom stereocenters. The lowest BCUT2D eigenvalue weighted by molar-refractivity contribution is 0.101. The van der Waals surface area contributed by atoms with Gasteiger partial charge in [-0.3, -0.25) is 4.79 Å². The molecule has 0 unspecified atom stereocenters. The Balaban J connectivity index is 1.64. The molecule has 0 aliphatic carbocycles. The quantitative estimate of drug-likeness (QED) is 0.607. The van der Waals surface area contributed by atoms with Crippen molar-refractivity contribution >= 4 is 17.5 Å². The molecule has 5 nitrogen and oxygen atoms in total. The largest absolute Gasteiger partial charge is 0.494 e. The molecule has 0 spiro atoms. The predicted octanol–water partition coefficient (Wildman–Crippen LogP) is 3.48. The van der Waals surface area contributed by atoms with Crippen molar-refractivity contribution < 1.29 is 14.3 Å². The lowest BCUT2D eigenvalue weighted by Crippen LogP contribution is -2.30. The molecule has 0 saturated heterocycles. The molecule has 0 bridgehead atoms. The first kappa shape index (κ1) is 16.5. The van der Waals surface area contributed by atoms with Gasteiger partial charge in [-0.25, -0.2) is 4.79 Å². The second-order valence-corrected chi connectivity index (χ2v) is 5.03. The fraction of sp³-hybridized carbons (Fsp3) is 0.222. The second-order valence-electron chi connectivity index (χ2n) is 5.03. The Kier molecular flexibility index (Phi) is 6.17. The number of anilines is 1. The van der Waals surface area contributed by atoms with Crippen molar-refractivity contribution in [2.24, 2.45) is 0 Å². The highest BCUT2D eigenvalue weighted by Crippen LogP contribution is 2.10. The van der Waals surface area contributed by atoms with E-state index in [1.807, 2.05) is 30.3 Å². The van der Waals surface area contributed by atoms with Gasteiger partial charge >= 0.3 is 6.03 Å². The van der Waals surface area contributed by atoms with E-state index in [4.69, 9.17) is 4.74 Å². The first-order valence-electron chi connectivity index (χ1n) is 7.49. The first-order chi connectivity index (χ1) is 11.1. The smallest absolute Gasteiger partial charge is 0.319 e. The highest BCUT2D eigenvalue weighted by Gasteiger charge is 2.03. The van der Waals surface area contributed by atoms with E-state index in [0.717, 1.165) is 5.75 Å². The van der Waals surface area contributed by atoms with Gasteiger partial charge in [0.25, 0.3) is 0 Å². The number of para-hydroxylation sites is 1. The van der Waals surface area contributed by atoms with Crippen molar-refractivity contribution in [2.75, 3.05) is 18.5 Å². The molecule has 2 amide bonds. The Bertz CT molecular complexity index is 639. The van der Waals surface area contributed by atoms with Crippen LogP contribution in [0.25, 0.3) is 0 Å². The molecule has 2 aromatic carbocycles. The minimum atomic E-state index is -0.278. The molecule has 0 aliphatic heterocycles. The average Bonchev–Trinajstić information content (AvgIpc) is 2.56. The van der Waals surface area contributed by atoms with Crippen LogP contribution in [-0.2, 0) is 0 Å². The van der Waals surface area contributed by atoms with Crippen LogP contribution in [0.2, 0.25) is 0 Å². The lowest BCUT2D eigenvalue weighted by Gasteiger charge is -2.09. The maximum Gasteiger partial charge on any atom is 0.319 e. The van der Waals surface area contributed by atoms with Crippen LogP contribution in [0.15, 0.2) is 54.6 Å². The molecule has 0 fully saturated rings. The lowest BCUT2D eigenvalue weighted by atomic mass is 10.1. The van der Waals surface area contributed by atoms with Gasteiger partial charge < -0.3 is 15.4 Å². The molecule has 2 rings (SSSR count). The number of amides is 2. The van der Waals surface area contributed by atoms with Gasteiger partial charge in [0.1, 0.15) is 5.75 Å². The molecule has 23 heavy (non-hydrogen) atoms. The molecule has 0 radical (unpaired) electrons. The predicted molar refractivity (Wildman–Crippen MR) is 90.0 cm³/mol. The zero-order chi connectivity index (χ0) is 16.5. The van der Waals surface area contributed by atoms with Crippen molar-refractivity contribution in [3.8, 4) is 5.75 Å². The van der Waals surface area contributed by atoms with Crippen molar-refractivity contribution in [3.63, 3.8) is 0 Å².